The summed E-state index contributed by atoms with van der Waals surface area (Å²) in [4.78, 5) is 2.48. The van der Waals surface area contributed by atoms with Gasteiger partial charge in [-0.25, -0.2) is 0 Å². The van der Waals surface area contributed by atoms with E-state index in [9.17, 15) is 0 Å². The van der Waals surface area contributed by atoms with Gasteiger partial charge in [0.25, 0.3) is 0 Å². The van der Waals surface area contributed by atoms with Crippen molar-refractivity contribution in [1.82, 2.24) is 4.90 Å². The standard InChI is InChI=1S/C11H19NO2/c1-10-7-11(9-13-2)3-5-14-6-4-12(11)8-10/h1,3-9H2,2H3. The van der Waals surface area contributed by atoms with Gasteiger partial charge in [-0.3, -0.25) is 4.90 Å². The van der Waals surface area contributed by atoms with E-state index < -0.39 is 0 Å². The van der Waals surface area contributed by atoms with Crippen molar-refractivity contribution in [3.63, 3.8) is 0 Å². The van der Waals surface area contributed by atoms with Crippen LogP contribution in [0.3, 0.4) is 0 Å². The van der Waals surface area contributed by atoms with Crippen molar-refractivity contribution < 1.29 is 9.47 Å². The number of fused-ring (bicyclic) bond motifs is 1. The highest BCUT2D eigenvalue weighted by Gasteiger charge is 2.43. The normalized spacial score (nSPS) is 34.2. The number of hydrogen-bond acceptors (Lipinski definition) is 3. The van der Waals surface area contributed by atoms with Crippen LogP contribution in [0.2, 0.25) is 0 Å². The molecule has 2 heterocycles. The Labute approximate surface area is 85.7 Å². The van der Waals surface area contributed by atoms with E-state index in [1.165, 1.54) is 5.57 Å². The van der Waals surface area contributed by atoms with E-state index in [0.29, 0.717) is 0 Å². The highest BCUT2D eigenvalue weighted by Crippen LogP contribution is 2.36. The maximum absolute atomic E-state index is 5.51. The van der Waals surface area contributed by atoms with E-state index in [1.54, 1.807) is 7.11 Å². The third-order valence-corrected chi connectivity index (χ3v) is 3.29. The zero-order valence-corrected chi connectivity index (χ0v) is 8.92. The molecule has 14 heavy (non-hydrogen) atoms. The molecule has 2 fully saturated rings. The largest absolute Gasteiger partial charge is 0.383 e. The number of nitrogens with zero attached hydrogens (tertiary/aromatic N) is 1. The molecule has 0 aliphatic carbocycles. The molecule has 0 amide bonds. The minimum absolute atomic E-state index is 0.183. The van der Waals surface area contributed by atoms with Crippen molar-refractivity contribution in [3.8, 4) is 0 Å². The van der Waals surface area contributed by atoms with Gasteiger partial charge in [-0.05, 0) is 12.8 Å². The second-order valence-corrected chi connectivity index (χ2v) is 4.37. The molecule has 80 valence electrons. The zero-order valence-electron chi connectivity index (χ0n) is 8.92. The van der Waals surface area contributed by atoms with Crippen molar-refractivity contribution in [2.75, 3.05) is 40.0 Å². The molecule has 0 aromatic rings. The lowest BCUT2D eigenvalue weighted by atomic mass is 9.92. The SMILES string of the molecule is C=C1CN2CCOCCC2(COC)C1. The molecule has 0 spiro atoms. The molecule has 2 saturated heterocycles. The number of methoxy groups -OCH3 is 1. The summed E-state index contributed by atoms with van der Waals surface area (Å²) in [7, 11) is 1.78. The smallest absolute Gasteiger partial charge is 0.0650 e. The Balaban J connectivity index is 2.16. The third-order valence-electron chi connectivity index (χ3n) is 3.29. The van der Waals surface area contributed by atoms with Gasteiger partial charge in [0.1, 0.15) is 0 Å². The van der Waals surface area contributed by atoms with E-state index in [2.05, 4.69) is 11.5 Å². The Kier molecular flexibility index (Phi) is 2.91. The van der Waals surface area contributed by atoms with Gasteiger partial charge in [0, 0.05) is 26.8 Å². The fourth-order valence-electron chi connectivity index (χ4n) is 2.66. The fraction of sp³-hybridized carbons (Fsp3) is 0.818. The molecule has 0 aromatic heterocycles. The average Bonchev–Trinajstić information content (AvgIpc) is 2.31. The van der Waals surface area contributed by atoms with Crippen LogP contribution in [0.1, 0.15) is 12.8 Å². The summed E-state index contributed by atoms with van der Waals surface area (Å²) in [6.07, 6.45) is 2.14. The lowest BCUT2D eigenvalue weighted by Gasteiger charge is -2.35. The quantitative estimate of drug-likeness (QED) is 0.618. The van der Waals surface area contributed by atoms with Crippen molar-refractivity contribution in [2.45, 2.75) is 18.4 Å². The van der Waals surface area contributed by atoms with Crippen LogP contribution < -0.4 is 0 Å². The van der Waals surface area contributed by atoms with Crippen molar-refractivity contribution >= 4 is 0 Å². The van der Waals surface area contributed by atoms with E-state index in [0.717, 1.165) is 45.8 Å². The van der Waals surface area contributed by atoms with Gasteiger partial charge < -0.3 is 9.47 Å². The Morgan fingerprint density at radius 1 is 1.57 bits per heavy atom. The van der Waals surface area contributed by atoms with E-state index in [1.807, 2.05) is 0 Å². The molecule has 2 aliphatic heterocycles. The molecule has 2 rings (SSSR count). The molecule has 0 N–H and O–H groups in total. The molecule has 3 nitrogen and oxygen atoms in total. The summed E-state index contributed by atoms with van der Waals surface area (Å²) in [6, 6.07) is 0. The van der Waals surface area contributed by atoms with Crippen LogP contribution in [0.25, 0.3) is 0 Å². The van der Waals surface area contributed by atoms with Crippen molar-refractivity contribution in [1.29, 1.82) is 0 Å². The first-order valence-electron chi connectivity index (χ1n) is 5.25. The maximum Gasteiger partial charge on any atom is 0.0650 e. The van der Waals surface area contributed by atoms with Gasteiger partial charge in [0.05, 0.1) is 18.8 Å². The molecule has 1 atom stereocenters. The topological polar surface area (TPSA) is 21.7 Å². The molecule has 0 aromatic carbocycles. The monoisotopic (exact) mass is 197 g/mol. The van der Waals surface area contributed by atoms with Gasteiger partial charge in [0.2, 0.25) is 0 Å². The molecular weight excluding hydrogens is 178 g/mol. The van der Waals surface area contributed by atoms with E-state index in [4.69, 9.17) is 9.47 Å². The van der Waals surface area contributed by atoms with Crippen LogP contribution in [0.5, 0.6) is 0 Å². The summed E-state index contributed by atoms with van der Waals surface area (Å²) in [5.74, 6) is 0. The Morgan fingerprint density at radius 2 is 2.43 bits per heavy atom. The lowest BCUT2D eigenvalue weighted by molar-refractivity contribution is 0.0407. The minimum Gasteiger partial charge on any atom is -0.383 e. The molecule has 2 aliphatic rings. The molecule has 1 unspecified atom stereocenters. The third kappa shape index (κ3) is 1.72. The van der Waals surface area contributed by atoms with Crippen LogP contribution in [0.15, 0.2) is 12.2 Å². The highest BCUT2D eigenvalue weighted by atomic mass is 16.5. The van der Waals surface area contributed by atoms with Gasteiger partial charge in [-0.15, -0.1) is 0 Å². The van der Waals surface area contributed by atoms with Gasteiger partial charge in [0.15, 0.2) is 0 Å². The lowest BCUT2D eigenvalue weighted by Crippen LogP contribution is -2.47. The summed E-state index contributed by atoms with van der Waals surface area (Å²) in [6.45, 7) is 8.64. The maximum atomic E-state index is 5.51. The predicted octanol–water partition coefficient (Wildman–Crippen LogP) is 1.05. The first-order chi connectivity index (χ1) is 6.77. The van der Waals surface area contributed by atoms with Crippen LogP contribution in [0, 0.1) is 0 Å². The molecule has 0 radical (unpaired) electrons. The van der Waals surface area contributed by atoms with Gasteiger partial charge in [-0.2, -0.15) is 0 Å². The second kappa shape index (κ2) is 4.01. The first kappa shape index (κ1) is 10.1. The Hall–Kier alpha value is -0.380. The average molecular weight is 197 g/mol. The van der Waals surface area contributed by atoms with Crippen molar-refractivity contribution in [2.24, 2.45) is 0 Å². The Bertz CT molecular complexity index is 229. The summed E-state index contributed by atoms with van der Waals surface area (Å²) >= 11 is 0. The number of ether oxygens (including phenoxy) is 2. The summed E-state index contributed by atoms with van der Waals surface area (Å²) in [5, 5.41) is 0. The summed E-state index contributed by atoms with van der Waals surface area (Å²) < 4.78 is 10.9. The van der Waals surface area contributed by atoms with Crippen LogP contribution >= 0.6 is 0 Å². The van der Waals surface area contributed by atoms with Crippen LogP contribution in [-0.4, -0.2) is 50.5 Å². The molecule has 3 heteroatoms. The molecule has 0 bridgehead atoms. The van der Waals surface area contributed by atoms with Gasteiger partial charge >= 0.3 is 0 Å². The second-order valence-electron chi connectivity index (χ2n) is 4.37. The van der Waals surface area contributed by atoms with E-state index >= 15 is 0 Å². The summed E-state index contributed by atoms with van der Waals surface area (Å²) in [5.41, 5.74) is 1.52. The predicted molar refractivity (Wildman–Crippen MR) is 55.4 cm³/mol. The zero-order chi connectivity index (χ0) is 10.0. The molecular formula is C11H19NO2. The van der Waals surface area contributed by atoms with Crippen LogP contribution in [-0.2, 0) is 9.47 Å². The van der Waals surface area contributed by atoms with Gasteiger partial charge in [-0.1, -0.05) is 12.2 Å². The number of rotatable bonds is 2. The van der Waals surface area contributed by atoms with Crippen LogP contribution in [0.4, 0.5) is 0 Å². The van der Waals surface area contributed by atoms with Crippen molar-refractivity contribution in [3.05, 3.63) is 12.2 Å². The first-order valence-corrected chi connectivity index (χ1v) is 5.25. The minimum atomic E-state index is 0.183. The van der Waals surface area contributed by atoms with E-state index in [-0.39, 0.29) is 5.54 Å². The fourth-order valence-corrected chi connectivity index (χ4v) is 2.66. The molecule has 0 saturated carbocycles. The number of hydrogen-bond donors (Lipinski definition) is 0. The highest BCUT2D eigenvalue weighted by molar-refractivity contribution is 5.15. The Morgan fingerprint density at radius 3 is 3.21 bits per heavy atom.